The van der Waals surface area contributed by atoms with E-state index in [1.807, 2.05) is 41.3 Å². The Bertz CT molecular complexity index is 1030. The summed E-state index contributed by atoms with van der Waals surface area (Å²) >= 11 is 0. The molecular weight excluding hydrogens is 366 g/mol. The monoisotopic (exact) mass is 391 g/mol. The van der Waals surface area contributed by atoms with Gasteiger partial charge in [0.25, 0.3) is 5.91 Å². The van der Waals surface area contributed by atoms with Crippen LogP contribution in [-0.2, 0) is 0 Å². The summed E-state index contributed by atoms with van der Waals surface area (Å²) in [7, 11) is 0. The van der Waals surface area contributed by atoms with E-state index in [1.165, 1.54) is 0 Å². The number of carbonyl (C=O) groups is 1. The van der Waals surface area contributed by atoms with E-state index in [0.29, 0.717) is 30.1 Å². The number of aromatic amines is 1. The molecule has 1 unspecified atom stereocenters. The van der Waals surface area contributed by atoms with E-state index in [4.69, 9.17) is 4.74 Å². The van der Waals surface area contributed by atoms with Gasteiger partial charge in [-0.2, -0.15) is 5.10 Å². The first-order valence-electron chi connectivity index (χ1n) is 10.1. The second kappa shape index (κ2) is 7.99. The molecule has 0 fully saturated rings. The van der Waals surface area contributed by atoms with Crippen molar-refractivity contribution in [1.82, 2.24) is 15.1 Å². The lowest BCUT2D eigenvalue weighted by Gasteiger charge is -2.26. The van der Waals surface area contributed by atoms with Crippen LogP contribution in [0.5, 0.6) is 11.5 Å². The number of hydrogen-bond acceptors (Lipinski definition) is 4. The molecule has 0 radical (unpaired) electrons. The average Bonchev–Trinajstić information content (AvgIpc) is 3.27. The summed E-state index contributed by atoms with van der Waals surface area (Å²) in [4.78, 5) is 15.0. The maximum absolute atomic E-state index is 13.1. The van der Waals surface area contributed by atoms with Gasteiger partial charge in [-0.3, -0.25) is 9.89 Å². The molecule has 1 amide bonds. The summed E-state index contributed by atoms with van der Waals surface area (Å²) in [5.41, 5.74) is 3.48. The normalized spacial score (nSPS) is 15.6. The molecule has 1 atom stereocenters. The Labute approximate surface area is 170 Å². The first kappa shape index (κ1) is 19.1. The summed E-state index contributed by atoms with van der Waals surface area (Å²) in [6.45, 7) is 5.40. The zero-order chi connectivity index (χ0) is 20.4. The van der Waals surface area contributed by atoms with Crippen LogP contribution in [0.25, 0.3) is 11.3 Å². The van der Waals surface area contributed by atoms with E-state index in [1.54, 1.807) is 12.1 Å². The zero-order valence-electron chi connectivity index (χ0n) is 16.7. The predicted molar refractivity (Wildman–Crippen MR) is 111 cm³/mol. The third-order valence-corrected chi connectivity index (χ3v) is 5.13. The smallest absolute Gasteiger partial charge is 0.273 e. The Hall–Kier alpha value is -3.28. The molecule has 1 aliphatic rings. The lowest BCUT2D eigenvalue weighted by molar-refractivity contribution is 0.0743. The van der Waals surface area contributed by atoms with Crippen molar-refractivity contribution in [3.8, 4) is 22.8 Å². The maximum Gasteiger partial charge on any atom is 0.273 e. The third kappa shape index (κ3) is 3.35. The Morgan fingerprint density at radius 3 is 2.72 bits per heavy atom. The first-order chi connectivity index (χ1) is 14.2. The Morgan fingerprint density at radius 1 is 1.14 bits per heavy atom. The van der Waals surface area contributed by atoms with E-state index >= 15 is 0 Å². The molecule has 1 aliphatic heterocycles. The number of benzene rings is 2. The molecular formula is C23H25N3O3. The predicted octanol–water partition coefficient (Wildman–Crippen LogP) is 4.53. The molecule has 6 nitrogen and oxygen atoms in total. The number of phenols is 1. The fourth-order valence-corrected chi connectivity index (χ4v) is 3.89. The van der Waals surface area contributed by atoms with Gasteiger partial charge in [0.15, 0.2) is 0 Å². The average molecular weight is 391 g/mol. The van der Waals surface area contributed by atoms with Crippen LogP contribution in [0.4, 0.5) is 0 Å². The number of nitrogens with one attached hydrogen (secondary N) is 1. The van der Waals surface area contributed by atoms with Crippen LogP contribution in [0.3, 0.4) is 0 Å². The maximum atomic E-state index is 13.1. The van der Waals surface area contributed by atoms with Gasteiger partial charge in [-0.1, -0.05) is 38.1 Å². The minimum atomic E-state index is -0.281. The van der Waals surface area contributed by atoms with Crippen molar-refractivity contribution in [2.75, 3.05) is 13.2 Å². The van der Waals surface area contributed by atoms with Gasteiger partial charge in [0.2, 0.25) is 0 Å². The van der Waals surface area contributed by atoms with Crippen LogP contribution < -0.4 is 4.74 Å². The van der Waals surface area contributed by atoms with Gasteiger partial charge < -0.3 is 14.7 Å². The van der Waals surface area contributed by atoms with Crippen LogP contribution in [0, 0.1) is 0 Å². The molecule has 3 aromatic rings. The second-order valence-electron chi connectivity index (χ2n) is 7.20. The highest BCUT2D eigenvalue weighted by molar-refractivity contribution is 6.00. The lowest BCUT2D eigenvalue weighted by Crippen LogP contribution is -2.30. The minimum Gasteiger partial charge on any atom is -0.507 e. The second-order valence-corrected chi connectivity index (χ2v) is 7.20. The van der Waals surface area contributed by atoms with Crippen molar-refractivity contribution >= 4 is 5.91 Å². The number of aromatic nitrogens is 2. The summed E-state index contributed by atoms with van der Waals surface area (Å²) in [5, 5.41) is 17.7. The highest BCUT2D eigenvalue weighted by atomic mass is 16.5. The molecule has 4 rings (SSSR count). The van der Waals surface area contributed by atoms with Gasteiger partial charge in [-0.05, 0) is 42.7 Å². The minimum absolute atomic E-state index is 0.0686. The molecule has 2 N–H and O–H groups in total. The van der Waals surface area contributed by atoms with Crippen LogP contribution in [0.1, 0.15) is 54.3 Å². The number of aromatic hydroxyl groups is 1. The van der Waals surface area contributed by atoms with Crippen LogP contribution >= 0.6 is 0 Å². The SMILES string of the molecule is CCCOc1cccc(C2c3c(-c4ccccc4O)n[nH]c3C(=O)N2CCC)c1. The van der Waals surface area contributed by atoms with Gasteiger partial charge in [-0.15, -0.1) is 0 Å². The van der Waals surface area contributed by atoms with Crippen LogP contribution in [0.15, 0.2) is 48.5 Å². The molecule has 6 heteroatoms. The summed E-state index contributed by atoms with van der Waals surface area (Å²) < 4.78 is 5.81. The zero-order valence-corrected chi connectivity index (χ0v) is 16.7. The molecule has 0 bridgehead atoms. The fraction of sp³-hybridized carbons (Fsp3) is 0.304. The van der Waals surface area contributed by atoms with Gasteiger partial charge in [0.05, 0.1) is 12.6 Å². The summed E-state index contributed by atoms with van der Waals surface area (Å²) in [5.74, 6) is 0.858. The van der Waals surface area contributed by atoms with Crippen molar-refractivity contribution in [2.24, 2.45) is 0 Å². The molecule has 0 saturated heterocycles. The van der Waals surface area contributed by atoms with E-state index in [2.05, 4.69) is 24.0 Å². The molecule has 0 aliphatic carbocycles. The van der Waals surface area contributed by atoms with Gasteiger partial charge in [-0.25, -0.2) is 0 Å². The highest BCUT2D eigenvalue weighted by Gasteiger charge is 2.42. The number of fused-ring (bicyclic) bond motifs is 1. The largest absolute Gasteiger partial charge is 0.507 e. The number of amides is 1. The van der Waals surface area contributed by atoms with E-state index < -0.39 is 0 Å². The summed E-state index contributed by atoms with van der Waals surface area (Å²) in [6, 6.07) is 14.7. The van der Waals surface area contributed by atoms with Crippen molar-refractivity contribution in [2.45, 2.75) is 32.7 Å². The molecule has 2 aromatic carbocycles. The number of carbonyl (C=O) groups excluding carboxylic acids is 1. The number of ether oxygens (including phenoxy) is 1. The van der Waals surface area contributed by atoms with Gasteiger partial charge in [0.1, 0.15) is 22.9 Å². The van der Waals surface area contributed by atoms with Crippen molar-refractivity contribution in [3.63, 3.8) is 0 Å². The molecule has 150 valence electrons. The fourth-order valence-electron chi connectivity index (χ4n) is 3.89. The van der Waals surface area contributed by atoms with Gasteiger partial charge >= 0.3 is 0 Å². The topological polar surface area (TPSA) is 78.5 Å². The Morgan fingerprint density at radius 2 is 1.97 bits per heavy atom. The number of phenolic OH excluding ortho intramolecular Hbond substituents is 1. The molecule has 29 heavy (non-hydrogen) atoms. The Balaban J connectivity index is 1.84. The van der Waals surface area contributed by atoms with Gasteiger partial charge in [0, 0.05) is 17.7 Å². The highest BCUT2D eigenvalue weighted by Crippen LogP contribution is 2.44. The van der Waals surface area contributed by atoms with Crippen molar-refractivity contribution in [3.05, 3.63) is 65.4 Å². The first-order valence-corrected chi connectivity index (χ1v) is 10.1. The number of H-pyrrole nitrogens is 1. The number of para-hydroxylation sites is 1. The van der Waals surface area contributed by atoms with Crippen LogP contribution in [0.2, 0.25) is 0 Å². The molecule has 1 aromatic heterocycles. The quantitative estimate of drug-likeness (QED) is 0.620. The van der Waals surface area contributed by atoms with E-state index in [-0.39, 0.29) is 17.7 Å². The molecule has 0 spiro atoms. The van der Waals surface area contributed by atoms with Crippen LogP contribution in [-0.4, -0.2) is 39.3 Å². The lowest BCUT2D eigenvalue weighted by atomic mass is 9.95. The number of rotatable bonds is 7. The van der Waals surface area contributed by atoms with E-state index in [9.17, 15) is 9.90 Å². The number of nitrogens with zero attached hydrogens (tertiary/aromatic N) is 2. The molecule has 0 saturated carbocycles. The van der Waals surface area contributed by atoms with Crippen molar-refractivity contribution in [1.29, 1.82) is 0 Å². The Kier molecular flexibility index (Phi) is 5.25. The molecule has 2 heterocycles. The number of hydrogen-bond donors (Lipinski definition) is 2. The van der Waals surface area contributed by atoms with Crippen molar-refractivity contribution < 1.29 is 14.6 Å². The van der Waals surface area contributed by atoms with E-state index in [0.717, 1.165) is 29.7 Å². The summed E-state index contributed by atoms with van der Waals surface area (Å²) in [6.07, 6.45) is 1.77. The third-order valence-electron chi connectivity index (χ3n) is 5.13. The standard InChI is InChI=1S/C23H25N3O3/c1-3-12-26-22(15-8-7-9-16(14-15)29-13-4-2)19-20(24-25-21(19)23(26)28)17-10-5-6-11-18(17)27/h5-11,14,22,27H,3-4,12-13H2,1-2H3,(H,24,25).